The molecule has 2 saturated heterocycles. The van der Waals surface area contributed by atoms with Gasteiger partial charge in [0.15, 0.2) is 17.4 Å². The van der Waals surface area contributed by atoms with Gasteiger partial charge in [0.05, 0.1) is 14.5 Å². The van der Waals surface area contributed by atoms with E-state index in [9.17, 15) is 33.7 Å². The molecule has 80 heavy (non-hydrogen) atoms. The van der Waals surface area contributed by atoms with Crippen LogP contribution in [0.25, 0.3) is 11.1 Å². The van der Waals surface area contributed by atoms with Gasteiger partial charge in [0.1, 0.15) is 12.1 Å². The number of carbonyl (C=O) groups is 3. The van der Waals surface area contributed by atoms with Gasteiger partial charge in [-0.2, -0.15) is 29.3 Å². The quantitative estimate of drug-likeness (QED) is 0.0936. The molecule has 1 saturated carbocycles. The number of aromatic nitrogens is 5. The maximum absolute atomic E-state index is 13.4. The molecule has 2 N–H and O–H groups in total. The van der Waals surface area contributed by atoms with E-state index in [0.29, 0.717) is 57.6 Å². The van der Waals surface area contributed by atoms with Crippen LogP contribution in [0.15, 0.2) is 88.3 Å². The third-order valence-electron chi connectivity index (χ3n) is 13.3. The predicted molar refractivity (Wildman–Crippen MR) is 314 cm³/mol. The van der Waals surface area contributed by atoms with Crippen LogP contribution >= 0.6 is 31.9 Å². The molecule has 3 aliphatic rings. The lowest BCUT2D eigenvalue weighted by Crippen LogP contribution is -2.47. The zero-order valence-electron chi connectivity index (χ0n) is 47.4. The van der Waals surface area contributed by atoms with Crippen molar-refractivity contribution in [1.82, 2.24) is 55.4 Å². The number of rotatable bonds is 15. The summed E-state index contributed by atoms with van der Waals surface area (Å²) in [5, 5.41) is 21.9. The van der Waals surface area contributed by atoms with Crippen molar-refractivity contribution in [3.63, 3.8) is 0 Å². The first-order valence-electron chi connectivity index (χ1n) is 26.9. The number of Topliss-reactive ketones (excluding diaryl/α,β-unsaturated/α-hetero) is 1. The van der Waals surface area contributed by atoms with Crippen LogP contribution in [-0.2, 0) is 17.9 Å². The summed E-state index contributed by atoms with van der Waals surface area (Å²) >= 11 is 6.93. The van der Waals surface area contributed by atoms with Crippen LogP contribution in [0.2, 0.25) is 0 Å². The van der Waals surface area contributed by atoms with Gasteiger partial charge in [-0.3, -0.25) is 50.0 Å². The van der Waals surface area contributed by atoms with Crippen LogP contribution in [0.4, 0.5) is 20.4 Å². The minimum atomic E-state index is -3.14. The van der Waals surface area contributed by atoms with Gasteiger partial charge in [0.2, 0.25) is 11.6 Å². The second-order valence-corrected chi connectivity index (χ2v) is 22.9. The van der Waals surface area contributed by atoms with Crippen molar-refractivity contribution < 1.29 is 23.2 Å². The molecular formula is C58H75Br2F2N15O3. The number of nitrogens with one attached hydrogen (secondary N) is 2. The van der Waals surface area contributed by atoms with E-state index >= 15 is 0 Å². The molecule has 2 aromatic carbocycles. The monoisotopic (exact) mass is 1230 g/mol. The number of alkyl halides is 2. The first-order chi connectivity index (χ1) is 38.1. The van der Waals surface area contributed by atoms with Crippen molar-refractivity contribution in [3.8, 4) is 23.3 Å². The number of hydrogen-bond acceptors (Lipinski definition) is 16. The van der Waals surface area contributed by atoms with Crippen LogP contribution in [0.3, 0.4) is 0 Å². The molecule has 18 nitrogen and oxygen atoms in total. The number of likely N-dealkylation sites (N-methyl/N-ethyl adjacent to an activating group) is 2. The van der Waals surface area contributed by atoms with E-state index < -0.39 is 11.7 Å². The number of amides is 2. The molecular weight excluding hydrogens is 1150 g/mol. The number of hydrazine groups is 2. The number of pyridine rings is 1. The summed E-state index contributed by atoms with van der Waals surface area (Å²) < 4.78 is 24.2. The molecule has 0 unspecified atom stereocenters. The summed E-state index contributed by atoms with van der Waals surface area (Å²) in [7, 11) is 4.32. The molecule has 3 fully saturated rings. The Morgan fingerprint density at radius 3 is 1.55 bits per heavy atom. The minimum absolute atomic E-state index is 0.0459. The second kappa shape index (κ2) is 31.0. The molecule has 0 radical (unpaired) electrons. The van der Waals surface area contributed by atoms with Gasteiger partial charge >= 0.3 is 5.92 Å². The van der Waals surface area contributed by atoms with Crippen molar-refractivity contribution in [2.75, 3.05) is 89.6 Å². The molecule has 428 valence electrons. The maximum atomic E-state index is 13.4. The van der Waals surface area contributed by atoms with E-state index in [-0.39, 0.29) is 28.9 Å². The molecule has 3 aromatic heterocycles. The highest BCUT2D eigenvalue weighted by atomic mass is 79.9. The molecule has 5 aromatic rings. The highest BCUT2D eigenvalue weighted by molar-refractivity contribution is 9.11. The average molecular weight is 1230 g/mol. The van der Waals surface area contributed by atoms with Crippen molar-refractivity contribution in [2.45, 2.75) is 93.2 Å². The van der Waals surface area contributed by atoms with Gasteiger partial charge < -0.3 is 9.80 Å². The Morgan fingerprint density at radius 2 is 1.10 bits per heavy atom. The summed E-state index contributed by atoms with van der Waals surface area (Å²) in [4.78, 5) is 66.8. The normalized spacial score (nSPS) is 15.3. The largest absolute Gasteiger partial charge is 0.304 e. The lowest BCUT2D eigenvalue weighted by atomic mass is 9.97. The standard InChI is InChI=1S/C29H33BrN8O.C23H30BrN7O.C4H6F2O.C2H6/c1-36-10-12-37(13-11-36)19-22-6-8-23(9-7-22)24-14-25(17-32-16-24)29(39)35-38(20-21-4-2-3-5-21)28-26(30)18-33-27(15-31)34-28;1-23(2,3)16-31(21-19(24)14-26-20(13-25)27-21)28-22(32)18-7-5-17(6-8-18)15-30-11-9-29(4)10-12-30;1-3(7)4(2,5)6;1-2/h6-9,14,16-18,21H,2-5,10-13,19-20H2,1H3,(H,35,39);5-8,14H,9-12,15-16H2,1-4H3,(H,28,32);1-2H3;1-2H3. The van der Waals surface area contributed by atoms with Gasteiger partial charge in [-0.1, -0.05) is 83.9 Å². The molecule has 2 amide bonds. The SMILES string of the molecule is CC.CC(=O)C(C)(F)F.CN1CCN(Cc2ccc(-c3cncc(C(=O)NN(CC4CCCC4)c4nc(C#N)ncc4Br)c3)cc2)CC1.CN1CCN(Cc2ccc(C(=O)NN(CC(C)(C)C)c3nc(C#N)ncc3Br)cc2)CC1. The molecule has 1 aliphatic carbocycles. The molecule has 0 atom stereocenters. The number of halogens is 4. The van der Waals surface area contributed by atoms with E-state index in [4.69, 9.17) is 0 Å². The van der Waals surface area contributed by atoms with E-state index in [1.165, 1.54) is 30.2 Å². The van der Waals surface area contributed by atoms with E-state index in [1.54, 1.807) is 28.6 Å². The summed E-state index contributed by atoms with van der Waals surface area (Å²) in [6, 6.07) is 22.0. The van der Waals surface area contributed by atoms with Gasteiger partial charge in [0, 0.05) is 128 Å². The number of ketones is 1. The van der Waals surface area contributed by atoms with Gasteiger partial charge in [-0.25, -0.2) is 9.97 Å². The topological polar surface area (TPSA) is 207 Å². The van der Waals surface area contributed by atoms with Gasteiger partial charge in [-0.05, 0) is 105 Å². The third kappa shape index (κ3) is 20.6. The minimum Gasteiger partial charge on any atom is -0.304 e. The van der Waals surface area contributed by atoms with Crippen molar-refractivity contribution in [3.05, 3.63) is 122 Å². The van der Waals surface area contributed by atoms with E-state index in [0.717, 1.165) is 96.3 Å². The van der Waals surface area contributed by atoms with Crippen LogP contribution in [-0.4, -0.2) is 148 Å². The van der Waals surface area contributed by atoms with E-state index in [2.05, 4.69) is 146 Å². The summed E-state index contributed by atoms with van der Waals surface area (Å²) in [6.07, 6.45) is 11.0. The molecule has 22 heteroatoms. The Hall–Kier alpha value is -6.40. The van der Waals surface area contributed by atoms with Crippen LogP contribution < -0.4 is 20.9 Å². The van der Waals surface area contributed by atoms with Crippen LogP contribution in [0.1, 0.15) is 118 Å². The van der Waals surface area contributed by atoms with Gasteiger partial charge in [0.25, 0.3) is 11.8 Å². The molecule has 0 bridgehead atoms. The van der Waals surface area contributed by atoms with E-state index in [1.807, 2.05) is 56.3 Å². The number of piperazine rings is 2. The number of nitriles is 2. The Bertz CT molecular complexity index is 2890. The Labute approximate surface area is 487 Å². The maximum Gasteiger partial charge on any atom is 0.302 e. The van der Waals surface area contributed by atoms with Crippen molar-refractivity contribution in [1.29, 1.82) is 10.5 Å². The summed E-state index contributed by atoms with van der Waals surface area (Å²) in [5.41, 5.74) is 11.2. The smallest absolute Gasteiger partial charge is 0.302 e. The lowest BCUT2D eigenvalue weighted by Gasteiger charge is -2.32. The van der Waals surface area contributed by atoms with Crippen molar-refractivity contribution >= 4 is 61.1 Å². The highest BCUT2D eigenvalue weighted by Gasteiger charge is 2.28. The number of nitrogens with zero attached hydrogens (tertiary/aromatic N) is 13. The first kappa shape index (κ1) is 64.4. The Kier molecular flexibility index (Phi) is 25.0. The molecule has 8 rings (SSSR count). The van der Waals surface area contributed by atoms with Gasteiger partial charge in [-0.15, -0.1) is 0 Å². The number of carbonyl (C=O) groups excluding carboxylic acids is 3. The molecule has 2 aliphatic heterocycles. The lowest BCUT2D eigenvalue weighted by molar-refractivity contribution is -0.138. The fraction of sp³-hybridized carbons (Fsp3) is 0.483. The third-order valence-corrected chi connectivity index (χ3v) is 14.4. The van der Waals surface area contributed by atoms with Crippen LogP contribution in [0, 0.1) is 34.0 Å². The zero-order chi connectivity index (χ0) is 58.6. The summed E-state index contributed by atoms with van der Waals surface area (Å²) in [6.45, 7) is 23.2. The fourth-order valence-electron chi connectivity index (χ4n) is 8.67. The zero-order valence-corrected chi connectivity index (χ0v) is 50.6. The second-order valence-electron chi connectivity index (χ2n) is 21.2. The number of hydrogen-bond donors (Lipinski definition) is 2. The fourth-order valence-corrected chi connectivity index (χ4v) is 9.48. The average Bonchev–Trinajstić information content (AvgIpc) is 3.96. The molecule has 0 spiro atoms. The Morgan fingerprint density at radius 1 is 0.662 bits per heavy atom. The highest BCUT2D eigenvalue weighted by Crippen LogP contribution is 2.30. The first-order valence-corrected chi connectivity index (χ1v) is 28.5. The molecule has 5 heterocycles. The number of benzene rings is 2. The summed E-state index contributed by atoms with van der Waals surface area (Å²) in [5.74, 6) is -3.28. The van der Waals surface area contributed by atoms with Crippen LogP contribution in [0.5, 0.6) is 0 Å². The van der Waals surface area contributed by atoms with Crippen molar-refractivity contribution in [2.24, 2.45) is 11.3 Å². The Balaban J connectivity index is 0.000000259. The number of anilines is 2. The predicted octanol–water partition coefficient (Wildman–Crippen LogP) is 9.57.